The number of benzene rings is 2. The highest BCUT2D eigenvalue weighted by Crippen LogP contribution is 2.39. The van der Waals surface area contributed by atoms with Crippen molar-refractivity contribution in [1.82, 2.24) is 9.55 Å². The van der Waals surface area contributed by atoms with Gasteiger partial charge in [-0.05, 0) is 30.7 Å². The van der Waals surface area contributed by atoms with Crippen molar-refractivity contribution in [2.75, 3.05) is 17.3 Å². The first kappa shape index (κ1) is 19.2. The number of aryl methyl sites for hydroxylation is 1. The minimum Gasteiger partial charge on any atom is -0.341 e. The van der Waals surface area contributed by atoms with Gasteiger partial charge in [-0.25, -0.2) is 13.8 Å². The molecule has 9 heteroatoms. The molecule has 1 fully saturated rings. The van der Waals surface area contributed by atoms with Crippen LogP contribution in [0.25, 0.3) is 11.0 Å². The molecule has 1 aromatic heterocycles. The molecule has 1 saturated carbocycles. The number of imidazole rings is 1. The molecule has 1 amide bonds. The van der Waals surface area contributed by atoms with Gasteiger partial charge >= 0.3 is 0 Å². The fourth-order valence-electron chi connectivity index (χ4n) is 3.24. The second-order valence-electron chi connectivity index (χ2n) is 7.02. The highest BCUT2D eigenvalue weighted by molar-refractivity contribution is 6.33. The molecule has 6 nitrogen and oxygen atoms in total. The van der Waals surface area contributed by atoms with E-state index in [1.165, 1.54) is 11.0 Å². The molecule has 0 bridgehead atoms. The number of hydrogen-bond acceptors (Lipinski definition) is 4. The molecule has 2 atom stereocenters. The Morgan fingerprint density at radius 3 is 2.76 bits per heavy atom. The van der Waals surface area contributed by atoms with Gasteiger partial charge in [0.2, 0.25) is 5.91 Å². The monoisotopic (exact) mass is 415 g/mol. The van der Waals surface area contributed by atoms with Gasteiger partial charge in [0, 0.05) is 19.8 Å². The topological polar surface area (TPSA) is 74.0 Å². The van der Waals surface area contributed by atoms with Crippen LogP contribution in [0.1, 0.15) is 12.0 Å². The van der Waals surface area contributed by atoms with Gasteiger partial charge in [-0.1, -0.05) is 11.6 Å². The maximum atomic E-state index is 14.6. The highest BCUT2D eigenvalue weighted by atomic mass is 35.5. The summed E-state index contributed by atoms with van der Waals surface area (Å²) in [6.45, 7) is 0. The largest absolute Gasteiger partial charge is 0.341 e. The summed E-state index contributed by atoms with van der Waals surface area (Å²) in [6, 6.07) is 7.77. The second-order valence-corrected chi connectivity index (χ2v) is 7.43. The van der Waals surface area contributed by atoms with E-state index < -0.39 is 23.8 Å². The third kappa shape index (κ3) is 3.38. The van der Waals surface area contributed by atoms with Gasteiger partial charge in [-0.2, -0.15) is 5.26 Å². The van der Waals surface area contributed by atoms with Crippen molar-refractivity contribution in [2.24, 2.45) is 13.0 Å². The minimum absolute atomic E-state index is 0.0815. The van der Waals surface area contributed by atoms with Crippen LogP contribution in [0.2, 0.25) is 5.02 Å². The zero-order chi connectivity index (χ0) is 20.9. The highest BCUT2D eigenvalue weighted by Gasteiger charge is 2.43. The molecule has 0 aliphatic heterocycles. The average molecular weight is 416 g/mol. The van der Waals surface area contributed by atoms with Crippen LogP contribution in [0.15, 0.2) is 30.6 Å². The quantitative estimate of drug-likeness (QED) is 0.689. The Bertz CT molecular complexity index is 1160. The van der Waals surface area contributed by atoms with Crippen LogP contribution in [0, 0.1) is 23.1 Å². The number of anilines is 3. The molecule has 3 aromatic rings. The van der Waals surface area contributed by atoms with E-state index >= 15 is 0 Å². The fraction of sp³-hybridized carbons (Fsp3) is 0.250. The molecule has 1 aliphatic carbocycles. The maximum Gasteiger partial charge on any atom is 0.230 e. The number of aromatic nitrogens is 2. The molecule has 0 spiro atoms. The Labute approximate surface area is 170 Å². The van der Waals surface area contributed by atoms with Crippen LogP contribution >= 0.6 is 11.6 Å². The molecule has 148 valence electrons. The van der Waals surface area contributed by atoms with E-state index in [0.717, 1.165) is 6.07 Å². The zero-order valence-corrected chi connectivity index (χ0v) is 16.3. The van der Waals surface area contributed by atoms with Crippen molar-refractivity contribution in [3.8, 4) is 6.07 Å². The van der Waals surface area contributed by atoms with E-state index in [1.54, 1.807) is 37.1 Å². The third-order valence-electron chi connectivity index (χ3n) is 4.99. The zero-order valence-electron chi connectivity index (χ0n) is 15.6. The van der Waals surface area contributed by atoms with Crippen LogP contribution in [0.3, 0.4) is 0 Å². The number of fused-ring (bicyclic) bond motifs is 1. The number of halogens is 3. The van der Waals surface area contributed by atoms with Gasteiger partial charge in [0.25, 0.3) is 0 Å². The molecule has 1 aliphatic rings. The van der Waals surface area contributed by atoms with Crippen LogP contribution in [0.5, 0.6) is 0 Å². The van der Waals surface area contributed by atoms with Crippen molar-refractivity contribution in [3.05, 3.63) is 47.0 Å². The van der Waals surface area contributed by atoms with Crippen molar-refractivity contribution in [1.29, 1.82) is 5.26 Å². The Hall–Kier alpha value is -3.18. The lowest BCUT2D eigenvalue weighted by Gasteiger charge is -2.23. The first-order valence-corrected chi connectivity index (χ1v) is 9.21. The number of nitrogens with zero attached hydrogens (tertiary/aromatic N) is 4. The van der Waals surface area contributed by atoms with Crippen LogP contribution in [0.4, 0.5) is 25.8 Å². The third-order valence-corrected chi connectivity index (χ3v) is 5.28. The number of nitrogens with one attached hydrogen (secondary N) is 1. The average Bonchev–Trinajstić information content (AvgIpc) is 3.30. The van der Waals surface area contributed by atoms with Crippen molar-refractivity contribution in [2.45, 2.75) is 12.6 Å². The number of carbonyl (C=O) groups is 1. The molecule has 0 saturated heterocycles. The van der Waals surface area contributed by atoms with E-state index in [2.05, 4.69) is 10.3 Å². The predicted octanol–water partition coefficient (Wildman–Crippen LogP) is 4.30. The van der Waals surface area contributed by atoms with Crippen molar-refractivity contribution < 1.29 is 13.6 Å². The summed E-state index contributed by atoms with van der Waals surface area (Å²) in [7, 11) is 3.41. The van der Waals surface area contributed by atoms with Gasteiger partial charge < -0.3 is 14.8 Å². The lowest BCUT2D eigenvalue weighted by molar-refractivity contribution is -0.117. The number of carbonyl (C=O) groups excluding carboxylic acids is 1. The summed E-state index contributed by atoms with van der Waals surface area (Å²) >= 11 is 6.21. The maximum absolute atomic E-state index is 14.6. The van der Waals surface area contributed by atoms with E-state index in [9.17, 15) is 13.6 Å². The molecule has 1 N–H and O–H groups in total. The number of alkyl halides is 1. The molecule has 1 heterocycles. The van der Waals surface area contributed by atoms with E-state index in [4.69, 9.17) is 16.9 Å². The summed E-state index contributed by atoms with van der Waals surface area (Å²) in [5.74, 6) is -1.71. The first-order chi connectivity index (χ1) is 13.8. The first-order valence-electron chi connectivity index (χ1n) is 8.83. The van der Waals surface area contributed by atoms with Crippen LogP contribution in [-0.2, 0) is 11.8 Å². The number of hydrogen-bond donors (Lipinski definition) is 1. The summed E-state index contributed by atoms with van der Waals surface area (Å²) in [6.07, 6.45) is 0.684. The number of nitriles is 1. The lowest BCUT2D eigenvalue weighted by atomic mass is 10.1. The summed E-state index contributed by atoms with van der Waals surface area (Å²) in [5, 5.41) is 11.8. The Morgan fingerprint density at radius 1 is 1.41 bits per heavy atom. The van der Waals surface area contributed by atoms with Crippen LogP contribution in [-0.4, -0.2) is 28.7 Å². The van der Waals surface area contributed by atoms with Crippen molar-refractivity contribution >= 4 is 45.6 Å². The predicted molar refractivity (Wildman–Crippen MR) is 107 cm³/mol. The lowest BCUT2D eigenvalue weighted by Crippen LogP contribution is -2.17. The molecule has 29 heavy (non-hydrogen) atoms. The fourth-order valence-corrected chi connectivity index (χ4v) is 3.58. The Balaban J connectivity index is 1.79. The molecule has 2 aromatic carbocycles. The molecular formula is C20H16ClF2N5O. The Kier molecular flexibility index (Phi) is 4.63. The van der Waals surface area contributed by atoms with E-state index in [1.807, 2.05) is 6.07 Å². The molecule has 4 rings (SSSR count). The molecular weight excluding hydrogens is 400 g/mol. The summed E-state index contributed by atoms with van der Waals surface area (Å²) < 4.78 is 29.6. The van der Waals surface area contributed by atoms with Gasteiger partial charge in [0.05, 0.1) is 45.8 Å². The second kappa shape index (κ2) is 7.01. The molecule has 0 radical (unpaired) electrons. The van der Waals surface area contributed by atoms with Crippen molar-refractivity contribution in [3.63, 3.8) is 0 Å². The Morgan fingerprint density at radius 2 is 2.14 bits per heavy atom. The van der Waals surface area contributed by atoms with Gasteiger partial charge in [0.1, 0.15) is 17.5 Å². The van der Waals surface area contributed by atoms with E-state index in [-0.39, 0.29) is 22.7 Å². The summed E-state index contributed by atoms with van der Waals surface area (Å²) in [5.41, 5.74) is 2.39. The van der Waals surface area contributed by atoms with Crippen LogP contribution < -0.4 is 10.2 Å². The van der Waals surface area contributed by atoms with Gasteiger partial charge in [0.15, 0.2) is 0 Å². The summed E-state index contributed by atoms with van der Waals surface area (Å²) in [4.78, 5) is 18.1. The number of amides is 1. The normalized spacial score (nSPS) is 17.8. The molecule has 0 unspecified atom stereocenters. The van der Waals surface area contributed by atoms with Gasteiger partial charge in [-0.3, -0.25) is 4.79 Å². The SMILES string of the molecule is CN(c1cc(NC(=O)[C@H]2C[C@H]2F)c2ncn(C)c2c1)c1c(F)cc(C#N)cc1Cl. The minimum atomic E-state index is -1.12. The van der Waals surface area contributed by atoms with E-state index in [0.29, 0.717) is 22.4 Å². The number of rotatable bonds is 4. The standard InChI is InChI=1S/C20H16ClF2N5O/c1-27-9-25-18-16(26-20(29)12-7-14(12)22)5-11(6-17(18)27)28(2)19-13(21)3-10(8-24)4-15(19)23/h3-6,9,12,14H,7H2,1-2H3,(H,26,29)/t12-,14+/m0/s1. The smallest absolute Gasteiger partial charge is 0.230 e. The van der Waals surface area contributed by atoms with Gasteiger partial charge in [-0.15, -0.1) is 0 Å².